The molecule has 0 heterocycles. The molecule has 0 atom stereocenters. The van der Waals surface area contributed by atoms with E-state index in [0.717, 1.165) is 89.4 Å². The summed E-state index contributed by atoms with van der Waals surface area (Å²) in [6.07, 6.45) is 0. The fraction of sp³-hybridized carbons (Fsp3) is 0. The first-order chi connectivity index (χ1) is 17.9. The van der Waals surface area contributed by atoms with Crippen LogP contribution in [0.1, 0.15) is 0 Å². The molecule has 0 spiro atoms. The van der Waals surface area contributed by atoms with Crippen molar-refractivity contribution in [3.8, 4) is 89.4 Å². The second kappa shape index (κ2) is 17.8. The van der Waals surface area contributed by atoms with Gasteiger partial charge in [0.1, 0.15) is 0 Å². The summed E-state index contributed by atoms with van der Waals surface area (Å²) in [6.45, 7) is 0. The molecular weight excluding hydrogens is 934 g/mol. The second-order valence-electron chi connectivity index (χ2n) is 5.40. The zero-order chi connectivity index (χ0) is 32.0. The van der Waals surface area contributed by atoms with Gasteiger partial charge >= 0.3 is 336 Å². The molecule has 27 heteroatoms. The van der Waals surface area contributed by atoms with E-state index in [-0.39, 0.29) is 132 Å². The van der Waals surface area contributed by atoms with Gasteiger partial charge in [-0.25, -0.2) is 0 Å². The molecule has 0 aliphatic rings. The van der Waals surface area contributed by atoms with Crippen molar-refractivity contribution in [1.29, 1.82) is 94.7 Å². The molecule has 0 rings (SSSR count). The smallest absolute Gasteiger partial charge is 1.00 e. The first-order valence-electron chi connectivity index (χ1n) is 7.21. The van der Waals surface area contributed by atoms with Gasteiger partial charge in [-0.3, -0.25) is 0 Å². The molecule has 18 nitrogen and oxygen atoms in total. The second-order valence-corrected chi connectivity index (χ2v) is 22.3. The number of nitrogens with zero attached hydrogens (tertiary/aromatic N) is 18. The Balaban J connectivity index is -0.0000000579. The molecule has 4 radical (unpaired) electrons. The van der Waals surface area contributed by atoms with Crippen LogP contribution in [-0.4, -0.2) is 0 Å². The summed E-state index contributed by atoms with van der Waals surface area (Å²) in [7, 11) is -18.5. The minimum Gasteiger partial charge on any atom is -1.00 e. The number of hydrogen-bond acceptors (Lipinski definition) is 18. The summed E-state index contributed by atoms with van der Waals surface area (Å²) >= 11 is 0. The van der Waals surface area contributed by atoms with Crippen molar-refractivity contribution in [3.63, 3.8) is 0 Å². The predicted molar refractivity (Wildman–Crippen MR) is 101 cm³/mol. The molecule has 0 aliphatic carbocycles. The molecule has 0 bridgehead atoms. The minimum absolute atomic E-state index is 0. The van der Waals surface area contributed by atoms with Crippen LogP contribution in [0.2, 0.25) is 0 Å². The zero-order valence-corrected chi connectivity index (χ0v) is 32.5. The van der Waals surface area contributed by atoms with Crippen LogP contribution in [0.5, 0.6) is 0 Å². The average molecular weight is 934 g/mol. The van der Waals surface area contributed by atoms with Gasteiger partial charge < -0.3 is 12.4 Å². The van der Waals surface area contributed by atoms with Crippen LogP contribution in [0.4, 0.5) is 0 Å². The van der Waals surface area contributed by atoms with Crippen molar-refractivity contribution in [2.45, 2.75) is 0 Å². The Morgan fingerprint density at radius 3 is 0.244 bits per heavy atom. The van der Waals surface area contributed by atoms with Crippen molar-refractivity contribution in [3.05, 3.63) is 0 Å². The van der Waals surface area contributed by atoms with Crippen LogP contribution in [-0.2, 0) is 100 Å². The standard InChI is InChI=1S/18CN.ClH.7Fe.K/c18*1-2;;;;;;;;;/h;;;;;;;;;;;;;;;;;;1H;;;;;;;;/q;;;;;;;;;;;;;;;;;;;3*-4;4*+3;+1/p-1. The number of halogens is 1. The van der Waals surface area contributed by atoms with Crippen molar-refractivity contribution in [1.82, 2.24) is 0 Å². The first kappa shape index (κ1) is 64.4. The van der Waals surface area contributed by atoms with Gasteiger partial charge in [0.25, 0.3) is 0 Å². The summed E-state index contributed by atoms with van der Waals surface area (Å²) in [4.78, 5) is 18.6. The van der Waals surface area contributed by atoms with Crippen LogP contribution in [0.15, 0.2) is 0 Å². The van der Waals surface area contributed by atoms with Gasteiger partial charge in [0.2, 0.25) is 0 Å². The van der Waals surface area contributed by atoms with Crippen LogP contribution in [0, 0.1) is 184 Å². The van der Waals surface area contributed by atoms with Gasteiger partial charge in [0.05, 0.1) is 0 Å². The molecule has 226 valence electrons. The maximum Gasteiger partial charge on any atom is 3.00 e. The van der Waals surface area contributed by atoms with Crippen LogP contribution < -0.4 is 63.8 Å². The molecule has 0 aromatic heterocycles. The SMILES string of the molecule is N#[C][Fe-4]([C]#N)([C]#N)([C]#N)([C]#N)[C]#N.N#[C][Fe-4]([C]#N)([C]#N)([C]#N)([C]#N)[C]#N.N#[C][Fe-4]([C]#N)([C]#N)([C]#N)([C]#N)[C]#N.[Cl-].[Fe+3].[Fe+3].[Fe+3].[Fe+3].[K+]. The molecule has 0 unspecified atom stereocenters. The van der Waals surface area contributed by atoms with Crippen LogP contribution in [0.3, 0.4) is 0 Å². The Bertz CT molecular complexity index is 1430. The third kappa shape index (κ3) is 7.97. The van der Waals surface area contributed by atoms with Gasteiger partial charge in [-0.2, -0.15) is 0 Å². The first-order valence-corrected chi connectivity index (χ1v) is 17.1. The third-order valence-electron chi connectivity index (χ3n) is 3.56. The molecule has 0 aromatic carbocycles. The fourth-order valence-corrected chi connectivity index (χ4v) is 3.28. The molecule has 0 aromatic rings. The Hall–Kier alpha value is -3.62. The van der Waals surface area contributed by atoms with E-state index in [9.17, 15) is 0 Å². The van der Waals surface area contributed by atoms with E-state index in [1.54, 1.807) is 0 Å². The molecule has 0 saturated carbocycles. The molecule has 0 saturated heterocycles. The largest absolute Gasteiger partial charge is 3.00 e. The third-order valence-corrected chi connectivity index (χ3v) is 14.7. The van der Waals surface area contributed by atoms with E-state index in [2.05, 4.69) is 0 Å². The normalized spacial score (nSPS) is 11.6. The topological polar surface area (TPSA) is 428 Å². The van der Waals surface area contributed by atoms with Crippen molar-refractivity contribution in [2.75, 3.05) is 0 Å². The average Bonchev–Trinajstić information content (AvgIpc) is 3.06. The maximum absolute atomic E-state index is 8.58. The van der Waals surface area contributed by atoms with Crippen LogP contribution >= 0.6 is 0 Å². The van der Waals surface area contributed by atoms with E-state index < -0.39 is 32.2 Å². The zero-order valence-electron chi connectivity index (χ0n) is 20.9. The van der Waals surface area contributed by atoms with Crippen molar-refractivity contribution < 1.29 is 164 Å². The maximum atomic E-state index is 8.58. The van der Waals surface area contributed by atoms with Gasteiger partial charge in [-0.05, 0) is 0 Å². The summed E-state index contributed by atoms with van der Waals surface area (Å²) in [5.41, 5.74) is 0. The molecule has 0 aliphatic heterocycles. The van der Waals surface area contributed by atoms with E-state index >= 15 is 0 Å². The molecule has 0 fully saturated rings. The molecule has 45 heavy (non-hydrogen) atoms. The number of hydrogen-bond donors (Lipinski definition) is 0. The van der Waals surface area contributed by atoms with Crippen molar-refractivity contribution in [2.24, 2.45) is 0 Å². The molecular formula is C18ClFe7KN18. The van der Waals surface area contributed by atoms with E-state index in [1.165, 1.54) is 0 Å². The molecule has 0 N–H and O–H groups in total. The van der Waals surface area contributed by atoms with Crippen molar-refractivity contribution >= 4 is 0 Å². The predicted octanol–water partition coefficient (Wildman–Crippen LogP) is -5.71. The monoisotopic (exact) mass is 934 g/mol. The van der Waals surface area contributed by atoms with Gasteiger partial charge in [-0.15, -0.1) is 0 Å². The molecule has 0 amide bonds. The van der Waals surface area contributed by atoms with Gasteiger partial charge in [0.15, 0.2) is 0 Å². The minimum atomic E-state index is -6.17. The fourth-order valence-electron chi connectivity index (χ4n) is 0.795. The number of nitriles is 18. The Kier molecular flexibility index (Phi) is 25.4. The van der Waals surface area contributed by atoms with E-state index in [4.69, 9.17) is 94.7 Å². The van der Waals surface area contributed by atoms with Gasteiger partial charge in [-0.1, -0.05) is 0 Å². The summed E-state index contributed by atoms with van der Waals surface area (Å²) in [6, 6.07) is 0. The Labute approximate surface area is 342 Å². The summed E-state index contributed by atoms with van der Waals surface area (Å²) in [5.74, 6) is 0. The van der Waals surface area contributed by atoms with Gasteiger partial charge in [0, 0.05) is 0 Å². The number of rotatable bonds is 0. The summed E-state index contributed by atoms with van der Waals surface area (Å²) < 4.78 is 0. The van der Waals surface area contributed by atoms with E-state index in [1.807, 2.05) is 0 Å². The summed E-state index contributed by atoms with van der Waals surface area (Å²) in [5, 5.41) is 154. The van der Waals surface area contributed by atoms with E-state index in [0.29, 0.717) is 0 Å². The Morgan fingerprint density at radius 2 is 0.244 bits per heavy atom. The quantitative estimate of drug-likeness (QED) is 0.204. The Morgan fingerprint density at radius 1 is 0.200 bits per heavy atom. The van der Waals surface area contributed by atoms with Crippen LogP contribution in [0.25, 0.3) is 0 Å².